The molecule has 0 spiro atoms. The van der Waals surface area contributed by atoms with Gasteiger partial charge in [0.2, 0.25) is 5.91 Å². The molecule has 1 saturated heterocycles. The van der Waals surface area contributed by atoms with E-state index in [2.05, 4.69) is 0 Å². The SMILES string of the molecule is O=C(c1cc(=O)c2ccccc2o1)N1CCN(C(=O)C2CCCC2)CC1. The molecule has 1 aliphatic heterocycles. The number of para-hydroxylation sites is 1. The minimum atomic E-state index is -0.291. The van der Waals surface area contributed by atoms with E-state index in [1.54, 1.807) is 29.2 Å². The number of benzene rings is 1. The summed E-state index contributed by atoms with van der Waals surface area (Å²) in [7, 11) is 0. The van der Waals surface area contributed by atoms with Crippen LogP contribution in [-0.2, 0) is 4.79 Å². The van der Waals surface area contributed by atoms with Crippen molar-refractivity contribution in [2.45, 2.75) is 25.7 Å². The van der Waals surface area contributed by atoms with Crippen molar-refractivity contribution >= 4 is 22.8 Å². The van der Waals surface area contributed by atoms with Crippen LogP contribution in [0.15, 0.2) is 39.5 Å². The first-order valence-corrected chi connectivity index (χ1v) is 9.24. The fourth-order valence-corrected chi connectivity index (χ4v) is 3.93. The normalized spacial score (nSPS) is 18.5. The van der Waals surface area contributed by atoms with Crippen LogP contribution in [0, 0.1) is 5.92 Å². The summed E-state index contributed by atoms with van der Waals surface area (Å²) >= 11 is 0. The molecule has 1 aromatic carbocycles. The van der Waals surface area contributed by atoms with E-state index in [1.807, 2.05) is 4.90 Å². The number of fused-ring (bicyclic) bond motifs is 1. The molecule has 2 fully saturated rings. The van der Waals surface area contributed by atoms with Crippen LogP contribution in [0.2, 0.25) is 0 Å². The lowest BCUT2D eigenvalue weighted by Gasteiger charge is -2.35. The minimum Gasteiger partial charge on any atom is -0.451 e. The van der Waals surface area contributed by atoms with E-state index in [4.69, 9.17) is 4.42 Å². The van der Waals surface area contributed by atoms with Gasteiger partial charge in [-0.25, -0.2) is 0 Å². The Balaban J connectivity index is 1.45. The van der Waals surface area contributed by atoms with Gasteiger partial charge in [-0.15, -0.1) is 0 Å². The summed E-state index contributed by atoms with van der Waals surface area (Å²) in [6.07, 6.45) is 4.24. The summed E-state index contributed by atoms with van der Waals surface area (Å²) < 4.78 is 5.64. The molecule has 0 radical (unpaired) electrons. The first-order chi connectivity index (χ1) is 12.6. The lowest BCUT2D eigenvalue weighted by molar-refractivity contribution is -0.136. The van der Waals surface area contributed by atoms with E-state index in [0.29, 0.717) is 37.1 Å². The van der Waals surface area contributed by atoms with Gasteiger partial charge in [-0.3, -0.25) is 14.4 Å². The largest absolute Gasteiger partial charge is 0.451 e. The van der Waals surface area contributed by atoms with E-state index < -0.39 is 0 Å². The quantitative estimate of drug-likeness (QED) is 0.829. The van der Waals surface area contributed by atoms with Crippen LogP contribution in [0.25, 0.3) is 11.0 Å². The zero-order valence-corrected chi connectivity index (χ0v) is 14.6. The molecule has 0 atom stereocenters. The van der Waals surface area contributed by atoms with Crippen LogP contribution in [0.3, 0.4) is 0 Å². The Hall–Kier alpha value is -2.63. The molecule has 4 rings (SSSR count). The third-order valence-electron chi connectivity index (χ3n) is 5.43. The van der Waals surface area contributed by atoms with Crippen molar-refractivity contribution in [2.75, 3.05) is 26.2 Å². The molecule has 1 saturated carbocycles. The molecule has 2 aromatic rings. The molecule has 1 aromatic heterocycles. The standard InChI is InChI=1S/C20H22N2O4/c23-16-13-18(26-17-8-4-3-7-15(16)17)20(25)22-11-9-21(10-12-22)19(24)14-5-1-2-6-14/h3-4,7-8,13-14H,1-2,5-6,9-12H2. The Kier molecular flexibility index (Phi) is 4.49. The molecule has 26 heavy (non-hydrogen) atoms. The third-order valence-corrected chi connectivity index (χ3v) is 5.43. The average Bonchev–Trinajstić information content (AvgIpc) is 3.22. The monoisotopic (exact) mass is 354 g/mol. The van der Waals surface area contributed by atoms with Crippen molar-refractivity contribution in [2.24, 2.45) is 5.92 Å². The first-order valence-electron chi connectivity index (χ1n) is 9.24. The third kappa shape index (κ3) is 3.11. The van der Waals surface area contributed by atoms with E-state index in [9.17, 15) is 14.4 Å². The van der Waals surface area contributed by atoms with Crippen LogP contribution >= 0.6 is 0 Å². The molecule has 6 heteroatoms. The van der Waals surface area contributed by atoms with Gasteiger partial charge in [-0.2, -0.15) is 0 Å². The summed E-state index contributed by atoms with van der Waals surface area (Å²) in [6.45, 7) is 2.01. The van der Waals surface area contributed by atoms with E-state index in [0.717, 1.165) is 25.7 Å². The molecule has 0 N–H and O–H groups in total. The number of hydrogen-bond donors (Lipinski definition) is 0. The molecule has 136 valence electrons. The second-order valence-corrected chi connectivity index (χ2v) is 7.07. The zero-order valence-electron chi connectivity index (χ0n) is 14.6. The summed E-state index contributed by atoms with van der Waals surface area (Å²) in [6, 6.07) is 8.17. The summed E-state index contributed by atoms with van der Waals surface area (Å²) in [5, 5.41) is 0.469. The Morgan fingerprint density at radius 2 is 1.62 bits per heavy atom. The Bertz CT molecular complexity index is 890. The van der Waals surface area contributed by atoms with Crippen LogP contribution in [0.5, 0.6) is 0 Å². The highest BCUT2D eigenvalue weighted by Gasteiger charge is 2.31. The molecular formula is C20H22N2O4. The van der Waals surface area contributed by atoms with Crippen LogP contribution in [0.1, 0.15) is 36.2 Å². The van der Waals surface area contributed by atoms with Gasteiger partial charge in [0.05, 0.1) is 5.39 Å². The maximum atomic E-state index is 12.7. The van der Waals surface area contributed by atoms with Crippen LogP contribution < -0.4 is 5.43 Å². The first kappa shape index (κ1) is 16.8. The highest BCUT2D eigenvalue weighted by molar-refractivity contribution is 5.93. The van der Waals surface area contributed by atoms with Crippen LogP contribution in [0.4, 0.5) is 0 Å². The number of amides is 2. The number of nitrogens with zero attached hydrogens (tertiary/aromatic N) is 2. The second kappa shape index (κ2) is 6.94. The highest BCUT2D eigenvalue weighted by Crippen LogP contribution is 2.27. The van der Waals surface area contributed by atoms with Gasteiger partial charge >= 0.3 is 0 Å². The van der Waals surface area contributed by atoms with Crippen molar-refractivity contribution in [1.29, 1.82) is 0 Å². The second-order valence-electron chi connectivity index (χ2n) is 7.07. The maximum Gasteiger partial charge on any atom is 0.289 e. The Morgan fingerprint density at radius 1 is 0.962 bits per heavy atom. The number of hydrogen-bond acceptors (Lipinski definition) is 4. The zero-order chi connectivity index (χ0) is 18.1. The Morgan fingerprint density at radius 3 is 2.35 bits per heavy atom. The van der Waals surface area contributed by atoms with E-state index >= 15 is 0 Å². The predicted molar refractivity (Wildman–Crippen MR) is 96.9 cm³/mol. The summed E-state index contributed by atoms with van der Waals surface area (Å²) in [5.74, 6) is 0.160. The van der Waals surface area contributed by atoms with Gasteiger partial charge in [0, 0.05) is 38.2 Å². The summed E-state index contributed by atoms with van der Waals surface area (Å²) in [4.78, 5) is 40.9. The topological polar surface area (TPSA) is 70.8 Å². The van der Waals surface area contributed by atoms with Gasteiger partial charge in [0.15, 0.2) is 11.2 Å². The summed E-state index contributed by atoms with van der Waals surface area (Å²) in [5.41, 5.74) is 0.198. The molecule has 0 unspecified atom stereocenters. The van der Waals surface area contributed by atoms with Gasteiger partial charge in [0.25, 0.3) is 5.91 Å². The molecule has 1 aliphatic carbocycles. The average molecular weight is 354 g/mol. The maximum absolute atomic E-state index is 12.7. The van der Waals surface area contributed by atoms with Crippen LogP contribution in [-0.4, -0.2) is 47.8 Å². The van der Waals surface area contributed by atoms with Crippen molar-refractivity contribution < 1.29 is 14.0 Å². The van der Waals surface area contributed by atoms with Gasteiger partial charge < -0.3 is 14.2 Å². The molecule has 6 nitrogen and oxygen atoms in total. The Labute approximate surface area is 151 Å². The van der Waals surface area contributed by atoms with Gasteiger partial charge in [0.1, 0.15) is 5.58 Å². The lowest BCUT2D eigenvalue weighted by atomic mass is 10.1. The highest BCUT2D eigenvalue weighted by atomic mass is 16.3. The number of piperazine rings is 1. The van der Waals surface area contributed by atoms with Crippen molar-refractivity contribution in [3.63, 3.8) is 0 Å². The number of carbonyl (C=O) groups is 2. The van der Waals surface area contributed by atoms with Gasteiger partial charge in [-0.05, 0) is 25.0 Å². The lowest BCUT2D eigenvalue weighted by Crippen LogP contribution is -2.51. The number of rotatable bonds is 2. The molecule has 0 bridgehead atoms. The minimum absolute atomic E-state index is 0.0595. The molecular weight excluding hydrogens is 332 g/mol. The fourth-order valence-electron chi connectivity index (χ4n) is 3.93. The molecule has 2 amide bonds. The van der Waals surface area contributed by atoms with Gasteiger partial charge in [-0.1, -0.05) is 25.0 Å². The number of carbonyl (C=O) groups excluding carboxylic acids is 2. The van der Waals surface area contributed by atoms with E-state index in [1.165, 1.54) is 6.07 Å². The molecule has 2 heterocycles. The van der Waals surface area contributed by atoms with Crippen molar-refractivity contribution in [3.05, 3.63) is 46.3 Å². The predicted octanol–water partition coefficient (Wildman–Crippen LogP) is 2.27. The molecule has 2 aliphatic rings. The van der Waals surface area contributed by atoms with E-state index in [-0.39, 0.29) is 28.9 Å². The van der Waals surface area contributed by atoms with Crippen molar-refractivity contribution in [3.8, 4) is 0 Å². The van der Waals surface area contributed by atoms with Crippen molar-refractivity contribution in [1.82, 2.24) is 9.80 Å². The smallest absolute Gasteiger partial charge is 0.289 e. The fraction of sp³-hybridized carbons (Fsp3) is 0.450.